The van der Waals surface area contributed by atoms with Crippen molar-refractivity contribution >= 4 is 17.3 Å². The number of hydrogen-bond donors (Lipinski definition) is 1. The Bertz CT molecular complexity index is 566. The smallest absolute Gasteiger partial charge is 0.119 e. The van der Waals surface area contributed by atoms with Gasteiger partial charge in [0.15, 0.2) is 0 Å². The van der Waals surface area contributed by atoms with Crippen LogP contribution in [0.2, 0.25) is 5.02 Å². The number of halogens is 1. The number of rotatable bonds is 7. The van der Waals surface area contributed by atoms with Gasteiger partial charge in [0, 0.05) is 6.54 Å². The Labute approximate surface area is 132 Å². The van der Waals surface area contributed by atoms with Gasteiger partial charge < -0.3 is 10.1 Å². The molecule has 0 amide bonds. The Morgan fingerprint density at radius 2 is 1.86 bits per heavy atom. The second kappa shape index (κ2) is 7.94. The Hall–Kier alpha value is -1.67. The third kappa shape index (κ3) is 4.98. The summed E-state index contributed by atoms with van der Waals surface area (Å²) in [6.07, 6.45) is 2.24. The molecular weight excluding hydrogens is 282 g/mol. The fourth-order valence-corrected chi connectivity index (χ4v) is 2.19. The van der Waals surface area contributed by atoms with Gasteiger partial charge in [-0.15, -0.1) is 0 Å². The van der Waals surface area contributed by atoms with Crippen LogP contribution in [0, 0.1) is 6.92 Å². The molecule has 0 aliphatic heterocycles. The van der Waals surface area contributed by atoms with E-state index in [0.29, 0.717) is 0 Å². The monoisotopic (exact) mass is 303 g/mol. The highest BCUT2D eigenvalue weighted by Gasteiger charge is 2.01. The zero-order valence-electron chi connectivity index (χ0n) is 12.7. The van der Waals surface area contributed by atoms with Crippen molar-refractivity contribution in [3.8, 4) is 5.75 Å². The van der Waals surface area contributed by atoms with Gasteiger partial charge in [0.05, 0.1) is 17.3 Å². The molecule has 0 atom stereocenters. The predicted molar refractivity (Wildman–Crippen MR) is 90.4 cm³/mol. The fourth-order valence-electron chi connectivity index (χ4n) is 2.01. The number of ether oxygens (including phenoxy) is 1. The van der Waals surface area contributed by atoms with Crippen LogP contribution in [0.4, 0.5) is 5.69 Å². The van der Waals surface area contributed by atoms with E-state index < -0.39 is 0 Å². The van der Waals surface area contributed by atoms with Gasteiger partial charge >= 0.3 is 0 Å². The van der Waals surface area contributed by atoms with Crippen molar-refractivity contribution in [3.63, 3.8) is 0 Å². The first-order valence-electron chi connectivity index (χ1n) is 7.41. The largest absolute Gasteiger partial charge is 0.494 e. The van der Waals surface area contributed by atoms with E-state index in [4.69, 9.17) is 16.3 Å². The van der Waals surface area contributed by atoms with Crippen molar-refractivity contribution in [2.45, 2.75) is 33.2 Å². The lowest BCUT2D eigenvalue weighted by atomic mass is 10.2. The topological polar surface area (TPSA) is 21.3 Å². The number of nitrogens with one attached hydrogen (secondary N) is 1. The zero-order valence-corrected chi connectivity index (χ0v) is 13.4. The van der Waals surface area contributed by atoms with Gasteiger partial charge in [-0.1, -0.05) is 43.1 Å². The van der Waals surface area contributed by atoms with Crippen molar-refractivity contribution in [2.24, 2.45) is 0 Å². The van der Waals surface area contributed by atoms with E-state index in [9.17, 15) is 0 Å². The Morgan fingerprint density at radius 1 is 1.10 bits per heavy atom. The molecule has 3 heteroatoms. The van der Waals surface area contributed by atoms with Crippen LogP contribution in [0.1, 0.15) is 30.9 Å². The summed E-state index contributed by atoms with van der Waals surface area (Å²) in [4.78, 5) is 0. The molecule has 2 aromatic rings. The number of anilines is 1. The van der Waals surface area contributed by atoms with Crippen LogP contribution in [0.15, 0.2) is 42.5 Å². The first-order valence-corrected chi connectivity index (χ1v) is 7.78. The maximum atomic E-state index is 6.18. The van der Waals surface area contributed by atoms with Crippen molar-refractivity contribution in [1.82, 2.24) is 0 Å². The van der Waals surface area contributed by atoms with Gasteiger partial charge in [-0.25, -0.2) is 0 Å². The number of unbranched alkanes of at least 4 members (excludes halogenated alkanes) is 1. The van der Waals surface area contributed by atoms with Crippen LogP contribution in [0.3, 0.4) is 0 Å². The van der Waals surface area contributed by atoms with E-state index in [1.807, 2.05) is 24.3 Å². The summed E-state index contributed by atoms with van der Waals surface area (Å²) in [6.45, 7) is 5.75. The molecule has 0 unspecified atom stereocenters. The highest BCUT2D eigenvalue weighted by Crippen LogP contribution is 2.23. The first-order chi connectivity index (χ1) is 10.2. The summed E-state index contributed by atoms with van der Waals surface area (Å²) in [5, 5.41) is 4.12. The van der Waals surface area contributed by atoms with E-state index in [1.54, 1.807) is 0 Å². The summed E-state index contributed by atoms with van der Waals surface area (Å²) >= 11 is 6.18. The molecule has 112 valence electrons. The van der Waals surface area contributed by atoms with E-state index in [-0.39, 0.29) is 0 Å². The molecule has 0 saturated carbocycles. The molecule has 0 radical (unpaired) electrons. The Kier molecular flexibility index (Phi) is 5.94. The Morgan fingerprint density at radius 3 is 2.57 bits per heavy atom. The van der Waals surface area contributed by atoms with Crippen LogP contribution in [0.5, 0.6) is 5.75 Å². The van der Waals surface area contributed by atoms with Gasteiger partial charge in [0.1, 0.15) is 5.75 Å². The molecule has 0 spiro atoms. The van der Waals surface area contributed by atoms with Crippen LogP contribution in [0.25, 0.3) is 0 Å². The number of hydrogen-bond acceptors (Lipinski definition) is 2. The van der Waals surface area contributed by atoms with E-state index in [1.165, 1.54) is 11.1 Å². The van der Waals surface area contributed by atoms with Crippen LogP contribution < -0.4 is 10.1 Å². The third-order valence-electron chi connectivity index (χ3n) is 3.29. The molecule has 21 heavy (non-hydrogen) atoms. The minimum Gasteiger partial charge on any atom is -0.494 e. The lowest BCUT2D eigenvalue weighted by molar-refractivity contribution is 0.309. The van der Waals surface area contributed by atoms with Gasteiger partial charge in [0.2, 0.25) is 0 Å². The molecule has 0 aliphatic rings. The summed E-state index contributed by atoms with van der Waals surface area (Å²) in [6, 6.07) is 14.2. The second-order valence-electron chi connectivity index (χ2n) is 5.18. The van der Waals surface area contributed by atoms with Crippen molar-refractivity contribution in [3.05, 3.63) is 58.6 Å². The molecule has 0 fully saturated rings. The lowest BCUT2D eigenvalue weighted by Gasteiger charge is -2.10. The van der Waals surface area contributed by atoms with Gasteiger partial charge in [-0.05, 0) is 48.7 Å². The SMILES string of the molecule is CCCCOc1ccc(CNc2cc(C)ccc2Cl)cc1. The molecule has 2 aromatic carbocycles. The molecule has 1 N–H and O–H groups in total. The van der Waals surface area contributed by atoms with Crippen molar-refractivity contribution in [1.29, 1.82) is 0 Å². The summed E-state index contributed by atoms with van der Waals surface area (Å²) < 4.78 is 5.66. The highest BCUT2D eigenvalue weighted by atomic mass is 35.5. The zero-order chi connectivity index (χ0) is 15.1. The second-order valence-corrected chi connectivity index (χ2v) is 5.59. The van der Waals surface area contributed by atoms with E-state index >= 15 is 0 Å². The maximum Gasteiger partial charge on any atom is 0.119 e. The third-order valence-corrected chi connectivity index (χ3v) is 3.62. The summed E-state index contributed by atoms with van der Waals surface area (Å²) in [5.41, 5.74) is 3.37. The molecule has 0 saturated heterocycles. The molecule has 0 aromatic heterocycles. The average molecular weight is 304 g/mol. The average Bonchev–Trinajstić information content (AvgIpc) is 2.50. The molecule has 0 heterocycles. The Balaban J connectivity index is 1.90. The van der Waals surface area contributed by atoms with Crippen molar-refractivity contribution < 1.29 is 4.74 Å². The van der Waals surface area contributed by atoms with E-state index in [0.717, 1.165) is 42.5 Å². The fraction of sp³-hybridized carbons (Fsp3) is 0.333. The van der Waals surface area contributed by atoms with Crippen LogP contribution >= 0.6 is 11.6 Å². The first kappa shape index (κ1) is 15.7. The van der Waals surface area contributed by atoms with Gasteiger partial charge in [0.25, 0.3) is 0 Å². The number of benzene rings is 2. The lowest BCUT2D eigenvalue weighted by Crippen LogP contribution is -2.01. The molecule has 0 aliphatic carbocycles. The summed E-state index contributed by atoms with van der Waals surface area (Å²) in [7, 11) is 0. The predicted octanol–water partition coefficient (Wildman–Crippen LogP) is 5.44. The summed E-state index contributed by atoms with van der Waals surface area (Å²) in [5.74, 6) is 0.931. The minimum absolute atomic E-state index is 0.748. The number of aryl methyl sites for hydroxylation is 1. The van der Waals surface area contributed by atoms with Crippen molar-refractivity contribution in [2.75, 3.05) is 11.9 Å². The van der Waals surface area contributed by atoms with Gasteiger partial charge in [-0.2, -0.15) is 0 Å². The molecular formula is C18H22ClNO. The van der Waals surface area contributed by atoms with E-state index in [2.05, 4.69) is 37.4 Å². The normalized spacial score (nSPS) is 10.4. The van der Waals surface area contributed by atoms with Crippen LogP contribution in [-0.4, -0.2) is 6.61 Å². The van der Waals surface area contributed by atoms with Gasteiger partial charge in [-0.3, -0.25) is 0 Å². The standard InChI is InChI=1S/C18H22ClNO/c1-3-4-11-21-16-8-6-15(7-9-16)13-20-18-12-14(2)5-10-17(18)19/h5-10,12,20H,3-4,11,13H2,1-2H3. The maximum absolute atomic E-state index is 6.18. The molecule has 0 bridgehead atoms. The molecule has 2 nitrogen and oxygen atoms in total. The minimum atomic E-state index is 0.748. The quantitative estimate of drug-likeness (QED) is 0.688. The van der Waals surface area contributed by atoms with Crippen LogP contribution in [-0.2, 0) is 6.54 Å². The highest BCUT2D eigenvalue weighted by molar-refractivity contribution is 6.33. The molecule has 2 rings (SSSR count).